The van der Waals surface area contributed by atoms with Gasteiger partial charge in [0.2, 0.25) is 5.91 Å². The predicted octanol–water partition coefficient (Wildman–Crippen LogP) is 2.35. The number of amides is 1. The lowest BCUT2D eigenvalue weighted by molar-refractivity contribution is -0.121. The van der Waals surface area contributed by atoms with Gasteiger partial charge in [0.1, 0.15) is 12.3 Å². The minimum Gasteiger partial charge on any atom is -0.494 e. The molecule has 2 heterocycles. The Morgan fingerprint density at radius 3 is 2.37 bits per heavy atom. The second-order valence-electron chi connectivity index (χ2n) is 7.69. The van der Waals surface area contributed by atoms with E-state index in [1.807, 2.05) is 61.5 Å². The van der Waals surface area contributed by atoms with Gasteiger partial charge in [-0.15, -0.1) is 0 Å². The number of hydrogen-bond acceptors (Lipinski definition) is 6. The van der Waals surface area contributed by atoms with Crippen molar-refractivity contribution in [1.29, 1.82) is 0 Å². The first-order valence-electron chi connectivity index (χ1n) is 11.2. The number of carbonyl (C=O) groups excluding carboxylic acids is 1. The fourth-order valence-electron chi connectivity index (χ4n) is 3.47. The van der Waals surface area contributed by atoms with Gasteiger partial charge in [0.25, 0.3) is 11.1 Å². The van der Waals surface area contributed by atoms with Gasteiger partial charge in [0.05, 0.1) is 30.9 Å². The Kier molecular flexibility index (Phi) is 7.47. The lowest BCUT2D eigenvalue weighted by Gasteiger charge is -2.10. The van der Waals surface area contributed by atoms with Crippen LogP contribution in [0.2, 0.25) is 0 Å². The van der Waals surface area contributed by atoms with E-state index in [1.165, 1.54) is 27.7 Å². The summed E-state index contributed by atoms with van der Waals surface area (Å²) < 4.78 is 7.98. The molecule has 0 saturated heterocycles. The quantitative estimate of drug-likeness (QED) is 0.402. The SMILES string of the molecule is CCOc1ccc(-c2ccc(=O)n(CCNC(=O)Cn3cnc(-c4ccccc4)cc3=O)n2)cc1. The van der Waals surface area contributed by atoms with Crippen molar-refractivity contribution >= 4 is 5.91 Å². The molecule has 35 heavy (non-hydrogen) atoms. The van der Waals surface area contributed by atoms with E-state index < -0.39 is 0 Å². The number of nitrogens with one attached hydrogen (secondary N) is 1. The van der Waals surface area contributed by atoms with Crippen LogP contribution in [0.5, 0.6) is 5.75 Å². The third kappa shape index (κ3) is 6.08. The molecule has 0 bridgehead atoms. The first-order chi connectivity index (χ1) is 17.0. The molecule has 0 saturated carbocycles. The number of carbonyl (C=O) groups is 1. The predicted molar refractivity (Wildman–Crippen MR) is 132 cm³/mol. The normalized spacial score (nSPS) is 10.7. The molecule has 9 heteroatoms. The van der Waals surface area contributed by atoms with Crippen LogP contribution in [0, 0.1) is 0 Å². The zero-order chi connectivity index (χ0) is 24.6. The Labute approximate surface area is 201 Å². The van der Waals surface area contributed by atoms with E-state index in [0.29, 0.717) is 18.0 Å². The fraction of sp³-hybridized carbons (Fsp3) is 0.192. The summed E-state index contributed by atoms with van der Waals surface area (Å²) in [4.78, 5) is 41.2. The van der Waals surface area contributed by atoms with Crippen molar-refractivity contribution in [2.75, 3.05) is 13.2 Å². The van der Waals surface area contributed by atoms with Crippen LogP contribution >= 0.6 is 0 Å². The summed E-state index contributed by atoms with van der Waals surface area (Å²) in [6, 6.07) is 21.3. The third-order valence-electron chi connectivity index (χ3n) is 5.24. The van der Waals surface area contributed by atoms with Gasteiger partial charge in [-0.3, -0.25) is 19.0 Å². The average molecular weight is 472 g/mol. The molecule has 0 radical (unpaired) electrons. The zero-order valence-electron chi connectivity index (χ0n) is 19.3. The largest absolute Gasteiger partial charge is 0.494 e. The van der Waals surface area contributed by atoms with E-state index in [0.717, 1.165) is 16.9 Å². The van der Waals surface area contributed by atoms with E-state index in [2.05, 4.69) is 15.4 Å². The Morgan fingerprint density at radius 1 is 0.914 bits per heavy atom. The van der Waals surface area contributed by atoms with Crippen LogP contribution in [0.4, 0.5) is 0 Å². The van der Waals surface area contributed by atoms with Crippen molar-refractivity contribution in [2.24, 2.45) is 0 Å². The smallest absolute Gasteiger partial charge is 0.266 e. The molecular formula is C26H25N5O4. The van der Waals surface area contributed by atoms with Gasteiger partial charge >= 0.3 is 0 Å². The minimum atomic E-state index is -0.364. The van der Waals surface area contributed by atoms with Gasteiger partial charge in [0.15, 0.2) is 0 Å². The lowest BCUT2D eigenvalue weighted by atomic mass is 10.1. The van der Waals surface area contributed by atoms with E-state index in [4.69, 9.17) is 4.74 Å². The van der Waals surface area contributed by atoms with Crippen molar-refractivity contribution < 1.29 is 9.53 Å². The van der Waals surface area contributed by atoms with Crippen molar-refractivity contribution in [2.45, 2.75) is 20.0 Å². The van der Waals surface area contributed by atoms with Crippen molar-refractivity contribution in [3.63, 3.8) is 0 Å². The van der Waals surface area contributed by atoms with Gasteiger partial charge in [-0.25, -0.2) is 9.67 Å². The molecule has 1 N–H and O–H groups in total. The Hall–Kier alpha value is -4.53. The standard InChI is InChI=1S/C26H25N5O4/c1-2-35-21-10-8-20(9-11-21)22-12-13-25(33)31(29-22)15-14-27-24(32)17-30-18-28-23(16-26(30)34)19-6-4-3-5-7-19/h3-13,16,18H,2,14-15,17H2,1H3,(H,27,32). The van der Waals surface area contributed by atoms with E-state index in [-0.39, 0.29) is 36.7 Å². The van der Waals surface area contributed by atoms with Gasteiger partial charge in [-0.05, 0) is 37.3 Å². The molecule has 4 aromatic rings. The highest BCUT2D eigenvalue weighted by atomic mass is 16.5. The number of nitrogens with zero attached hydrogens (tertiary/aromatic N) is 4. The number of aromatic nitrogens is 4. The number of rotatable bonds is 9. The molecule has 0 atom stereocenters. The maximum absolute atomic E-state index is 12.4. The van der Waals surface area contributed by atoms with Gasteiger partial charge in [-0.1, -0.05) is 30.3 Å². The highest BCUT2D eigenvalue weighted by molar-refractivity contribution is 5.75. The molecule has 1 amide bonds. The summed E-state index contributed by atoms with van der Waals surface area (Å²) in [6.07, 6.45) is 1.36. The number of hydrogen-bond donors (Lipinski definition) is 1. The molecule has 4 rings (SSSR count). The fourth-order valence-corrected chi connectivity index (χ4v) is 3.47. The van der Waals surface area contributed by atoms with Gasteiger partial charge in [0, 0.05) is 29.8 Å². The molecule has 2 aromatic carbocycles. The second kappa shape index (κ2) is 11.1. The molecule has 0 spiro atoms. The molecule has 0 aliphatic heterocycles. The summed E-state index contributed by atoms with van der Waals surface area (Å²) in [5, 5.41) is 7.12. The van der Waals surface area contributed by atoms with Crippen LogP contribution in [0.25, 0.3) is 22.5 Å². The first kappa shape index (κ1) is 23.6. The summed E-state index contributed by atoms with van der Waals surface area (Å²) in [6.45, 7) is 2.70. The summed E-state index contributed by atoms with van der Waals surface area (Å²) >= 11 is 0. The van der Waals surface area contributed by atoms with Crippen molar-refractivity contribution in [3.05, 3.63) is 99.8 Å². The maximum Gasteiger partial charge on any atom is 0.266 e. The highest BCUT2D eigenvalue weighted by Crippen LogP contribution is 2.19. The minimum absolute atomic E-state index is 0.171. The van der Waals surface area contributed by atoms with Crippen molar-refractivity contribution in [1.82, 2.24) is 24.6 Å². The number of benzene rings is 2. The molecule has 0 aliphatic rings. The first-order valence-corrected chi connectivity index (χ1v) is 11.2. The Bertz CT molecular complexity index is 1410. The molecule has 178 valence electrons. The summed E-state index contributed by atoms with van der Waals surface area (Å²) in [7, 11) is 0. The van der Waals surface area contributed by atoms with Crippen LogP contribution in [0.3, 0.4) is 0 Å². The summed E-state index contributed by atoms with van der Waals surface area (Å²) in [5.74, 6) is 0.397. The van der Waals surface area contributed by atoms with Crippen LogP contribution in [0.15, 0.2) is 88.7 Å². The number of ether oxygens (including phenoxy) is 1. The molecular weight excluding hydrogens is 446 g/mol. The Balaban J connectivity index is 1.35. The van der Waals surface area contributed by atoms with Gasteiger partial charge in [-0.2, -0.15) is 5.10 Å². The topological polar surface area (TPSA) is 108 Å². The van der Waals surface area contributed by atoms with Crippen LogP contribution in [-0.4, -0.2) is 38.4 Å². The molecule has 0 unspecified atom stereocenters. The zero-order valence-corrected chi connectivity index (χ0v) is 19.3. The average Bonchev–Trinajstić information content (AvgIpc) is 2.87. The van der Waals surface area contributed by atoms with E-state index in [9.17, 15) is 14.4 Å². The molecule has 0 aliphatic carbocycles. The molecule has 0 fully saturated rings. The molecule has 9 nitrogen and oxygen atoms in total. The van der Waals surface area contributed by atoms with Crippen LogP contribution in [0.1, 0.15) is 6.92 Å². The lowest BCUT2D eigenvalue weighted by Crippen LogP contribution is -2.35. The Morgan fingerprint density at radius 2 is 1.66 bits per heavy atom. The second-order valence-corrected chi connectivity index (χ2v) is 7.69. The van der Waals surface area contributed by atoms with Crippen molar-refractivity contribution in [3.8, 4) is 28.3 Å². The van der Waals surface area contributed by atoms with E-state index >= 15 is 0 Å². The third-order valence-corrected chi connectivity index (χ3v) is 5.24. The highest BCUT2D eigenvalue weighted by Gasteiger charge is 2.08. The maximum atomic E-state index is 12.4. The van der Waals surface area contributed by atoms with E-state index in [1.54, 1.807) is 6.07 Å². The monoisotopic (exact) mass is 471 g/mol. The van der Waals surface area contributed by atoms with Gasteiger partial charge < -0.3 is 10.1 Å². The van der Waals surface area contributed by atoms with Crippen LogP contribution in [-0.2, 0) is 17.9 Å². The summed E-state index contributed by atoms with van der Waals surface area (Å²) in [5.41, 5.74) is 2.25. The molecule has 2 aromatic heterocycles. The van der Waals surface area contributed by atoms with Crippen LogP contribution < -0.4 is 21.2 Å².